The van der Waals surface area contributed by atoms with Crippen molar-refractivity contribution in [2.75, 3.05) is 23.9 Å². The second kappa shape index (κ2) is 9.50. The maximum absolute atomic E-state index is 12.6. The molecule has 24 heavy (non-hydrogen) atoms. The lowest BCUT2D eigenvalue weighted by Crippen LogP contribution is -2.31. The fraction of sp³-hybridized carbons (Fsp3) is 0.450. The van der Waals surface area contributed by atoms with Gasteiger partial charge in [-0.3, -0.25) is 4.79 Å². The normalized spacial score (nSPS) is 20.2. The predicted octanol–water partition coefficient (Wildman–Crippen LogP) is 4.61. The highest BCUT2D eigenvalue weighted by atomic mass is 32.2. The maximum Gasteiger partial charge on any atom is 0.192 e. The molecule has 1 aliphatic rings. The molecule has 2 rings (SSSR count). The number of hydrogen-bond donors (Lipinski definition) is 1. The van der Waals surface area contributed by atoms with Crippen molar-refractivity contribution in [3.63, 3.8) is 0 Å². The molecule has 130 valence electrons. The quantitative estimate of drug-likeness (QED) is 0.514. The summed E-state index contributed by atoms with van der Waals surface area (Å²) in [5.41, 5.74) is 1.55. The molecule has 0 heterocycles. The third kappa shape index (κ3) is 5.01. The summed E-state index contributed by atoms with van der Waals surface area (Å²) in [5.74, 6) is 3.52. The lowest BCUT2D eigenvalue weighted by molar-refractivity contribution is 0.103. The van der Waals surface area contributed by atoms with Gasteiger partial charge in [-0.2, -0.15) is 11.8 Å². The minimum absolute atomic E-state index is 0.0697. The second-order valence-corrected chi connectivity index (χ2v) is 8.87. The first-order valence-corrected chi connectivity index (χ1v) is 10.5. The average Bonchev–Trinajstić information content (AvgIpc) is 2.62. The number of thioether (sulfide) groups is 2. The van der Waals surface area contributed by atoms with Crippen LogP contribution in [-0.4, -0.2) is 39.5 Å². The zero-order valence-corrected chi connectivity index (χ0v) is 16.0. The van der Waals surface area contributed by atoms with Crippen molar-refractivity contribution in [1.82, 2.24) is 0 Å². The average molecular weight is 363 g/mol. The molecule has 0 radical (unpaired) electrons. The molecule has 0 aliphatic heterocycles. The van der Waals surface area contributed by atoms with E-state index >= 15 is 0 Å². The van der Waals surface area contributed by atoms with Crippen LogP contribution in [0.2, 0.25) is 0 Å². The van der Waals surface area contributed by atoms with Crippen LogP contribution in [0.1, 0.15) is 30.6 Å². The fourth-order valence-corrected chi connectivity index (χ4v) is 4.94. The molecule has 1 aromatic rings. The number of ketones is 1. The standard InChI is InChI=1S/C20H26O2S2/c1-16(2)20(24-15-14-23-13-12-21)10-8-18(9-11-20)19(22)17-6-4-3-5-7-17/h3-10,16,21H,11-15H2,1-2H3. The topological polar surface area (TPSA) is 37.3 Å². The summed E-state index contributed by atoms with van der Waals surface area (Å²) in [6.45, 7) is 4.74. The van der Waals surface area contributed by atoms with Crippen molar-refractivity contribution >= 4 is 29.3 Å². The summed E-state index contributed by atoms with van der Waals surface area (Å²) in [6.07, 6.45) is 7.23. The molecule has 0 bridgehead atoms. The van der Waals surface area contributed by atoms with Crippen LogP contribution < -0.4 is 0 Å². The highest BCUT2D eigenvalue weighted by Crippen LogP contribution is 2.41. The van der Waals surface area contributed by atoms with Gasteiger partial charge in [-0.15, -0.1) is 11.8 Å². The number of aliphatic hydroxyl groups excluding tert-OH is 1. The summed E-state index contributed by atoms with van der Waals surface area (Å²) >= 11 is 3.76. The van der Waals surface area contributed by atoms with Crippen molar-refractivity contribution in [1.29, 1.82) is 0 Å². The molecule has 2 nitrogen and oxygen atoms in total. The summed E-state index contributed by atoms with van der Waals surface area (Å²) in [7, 11) is 0. The van der Waals surface area contributed by atoms with Crippen LogP contribution in [0.25, 0.3) is 0 Å². The largest absolute Gasteiger partial charge is 0.396 e. The van der Waals surface area contributed by atoms with E-state index < -0.39 is 0 Å². The first kappa shape index (κ1) is 19.4. The Morgan fingerprint density at radius 1 is 1.21 bits per heavy atom. The van der Waals surface area contributed by atoms with Gasteiger partial charge in [0.1, 0.15) is 0 Å². The lowest BCUT2D eigenvalue weighted by atomic mass is 9.85. The Kier molecular flexibility index (Phi) is 7.66. The number of allylic oxidation sites excluding steroid dienone is 3. The summed E-state index contributed by atoms with van der Waals surface area (Å²) in [6, 6.07) is 9.47. The molecule has 1 N–H and O–H groups in total. The van der Waals surface area contributed by atoms with E-state index in [0.717, 1.165) is 34.8 Å². The second-order valence-electron chi connectivity index (χ2n) is 6.19. The molecule has 0 aromatic heterocycles. The predicted molar refractivity (Wildman–Crippen MR) is 107 cm³/mol. The van der Waals surface area contributed by atoms with E-state index in [9.17, 15) is 4.79 Å². The van der Waals surface area contributed by atoms with Gasteiger partial charge >= 0.3 is 0 Å². The van der Waals surface area contributed by atoms with Gasteiger partial charge in [0, 0.05) is 33.1 Å². The SMILES string of the molecule is CC(C)C1(SCCSCCO)C=CC(C(=O)c2ccccc2)=CC1. The molecule has 0 fully saturated rings. The van der Waals surface area contributed by atoms with E-state index in [1.165, 1.54) is 0 Å². The Morgan fingerprint density at radius 2 is 1.96 bits per heavy atom. The third-order valence-corrected chi connectivity index (χ3v) is 7.24. The van der Waals surface area contributed by atoms with Crippen LogP contribution in [0, 0.1) is 5.92 Å². The molecule has 0 saturated heterocycles. The van der Waals surface area contributed by atoms with E-state index in [1.54, 1.807) is 11.8 Å². The van der Waals surface area contributed by atoms with Crippen molar-refractivity contribution in [2.45, 2.75) is 25.0 Å². The zero-order valence-electron chi connectivity index (χ0n) is 14.4. The van der Waals surface area contributed by atoms with Crippen LogP contribution in [0.15, 0.2) is 54.1 Å². The minimum atomic E-state index is 0.0697. The van der Waals surface area contributed by atoms with E-state index in [-0.39, 0.29) is 17.1 Å². The number of carbonyl (C=O) groups is 1. The van der Waals surface area contributed by atoms with E-state index in [2.05, 4.69) is 26.0 Å². The van der Waals surface area contributed by atoms with Gasteiger partial charge in [-0.05, 0) is 12.3 Å². The Hall–Kier alpha value is -0.970. The van der Waals surface area contributed by atoms with Crippen LogP contribution in [0.3, 0.4) is 0 Å². The lowest BCUT2D eigenvalue weighted by Gasteiger charge is -2.35. The van der Waals surface area contributed by atoms with Gasteiger partial charge in [0.05, 0.1) is 6.61 Å². The van der Waals surface area contributed by atoms with Gasteiger partial charge in [-0.1, -0.05) is 62.4 Å². The molecule has 0 saturated carbocycles. The van der Waals surface area contributed by atoms with Crippen molar-refractivity contribution in [3.8, 4) is 0 Å². The zero-order chi connectivity index (χ0) is 17.4. The Labute approximate surface area is 153 Å². The van der Waals surface area contributed by atoms with Gasteiger partial charge in [0.2, 0.25) is 0 Å². The van der Waals surface area contributed by atoms with Crippen LogP contribution in [0.5, 0.6) is 0 Å². The first-order valence-electron chi connectivity index (χ1n) is 8.41. The molecule has 0 amide bonds. The van der Waals surface area contributed by atoms with E-state index in [4.69, 9.17) is 5.11 Å². The number of rotatable bonds is 9. The van der Waals surface area contributed by atoms with Crippen molar-refractivity contribution in [3.05, 3.63) is 59.7 Å². The molecule has 1 atom stereocenters. The minimum Gasteiger partial charge on any atom is -0.396 e. The Morgan fingerprint density at radius 3 is 2.54 bits per heavy atom. The highest BCUT2D eigenvalue weighted by Gasteiger charge is 2.33. The summed E-state index contributed by atoms with van der Waals surface area (Å²) < 4.78 is 0.0697. The van der Waals surface area contributed by atoms with Crippen molar-refractivity contribution in [2.24, 2.45) is 5.92 Å². The van der Waals surface area contributed by atoms with Gasteiger partial charge in [0.15, 0.2) is 5.78 Å². The van der Waals surface area contributed by atoms with Crippen LogP contribution >= 0.6 is 23.5 Å². The van der Waals surface area contributed by atoms with E-state index in [1.807, 2.05) is 48.2 Å². The molecule has 1 aliphatic carbocycles. The molecule has 4 heteroatoms. The van der Waals surface area contributed by atoms with Gasteiger partial charge < -0.3 is 5.11 Å². The number of carbonyl (C=O) groups excluding carboxylic acids is 1. The molecule has 1 aromatic carbocycles. The number of Topliss-reactive ketones (excluding diaryl/α,β-unsaturated/α-hetero) is 1. The molecule has 1 unspecified atom stereocenters. The van der Waals surface area contributed by atoms with E-state index in [0.29, 0.717) is 5.92 Å². The molecular weight excluding hydrogens is 336 g/mol. The first-order chi connectivity index (χ1) is 11.6. The fourth-order valence-electron chi connectivity index (χ4n) is 2.72. The monoisotopic (exact) mass is 362 g/mol. The Balaban J connectivity index is 1.99. The third-order valence-electron chi connectivity index (χ3n) is 4.30. The summed E-state index contributed by atoms with van der Waals surface area (Å²) in [5, 5.41) is 8.85. The molecular formula is C20H26O2S2. The number of benzene rings is 1. The molecule has 0 spiro atoms. The summed E-state index contributed by atoms with van der Waals surface area (Å²) in [4.78, 5) is 12.6. The number of aliphatic hydroxyl groups is 1. The van der Waals surface area contributed by atoms with Crippen molar-refractivity contribution < 1.29 is 9.90 Å². The van der Waals surface area contributed by atoms with Crippen LogP contribution in [0.4, 0.5) is 0 Å². The maximum atomic E-state index is 12.6. The van der Waals surface area contributed by atoms with Crippen LogP contribution in [-0.2, 0) is 0 Å². The number of hydrogen-bond acceptors (Lipinski definition) is 4. The highest BCUT2D eigenvalue weighted by molar-refractivity contribution is 8.03. The smallest absolute Gasteiger partial charge is 0.192 e. The van der Waals surface area contributed by atoms with Gasteiger partial charge in [0.25, 0.3) is 0 Å². The Bertz CT molecular complexity index is 593. The van der Waals surface area contributed by atoms with Gasteiger partial charge in [-0.25, -0.2) is 0 Å².